The molecule has 7 nitrogen and oxygen atoms in total. The highest BCUT2D eigenvalue weighted by molar-refractivity contribution is 5.94. The van der Waals surface area contributed by atoms with Crippen LogP contribution in [-0.2, 0) is 0 Å². The van der Waals surface area contributed by atoms with Gasteiger partial charge in [0.15, 0.2) is 5.82 Å². The fourth-order valence-electron chi connectivity index (χ4n) is 4.19. The van der Waals surface area contributed by atoms with E-state index in [1.165, 1.54) is 25.9 Å². The number of fused-ring (bicyclic) bond motifs is 2. The molecule has 1 saturated heterocycles. The highest BCUT2D eigenvalue weighted by Gasteiger charge is 2.15. The van der Waals surface area contributed by atoms with Gasteiger partial charge in [0.2, 0.25) is 0 Å². The van der Waals surface area contributed by atoms with Crippen molar-refractivity contribution >= 4 is 21.9 Å². The Morgan fingerprint density at radius 2 is 1.87 bits per heavy atom. The van der Waals surface area contributed by atoms with Gasteiger partial charge in [0.25, 0.3) is 0 Å². The van der Waals surface area contributed by atoms with Crippen molar-refractivity contribution in [3.05, 3.63) is 36.4 Å². The van der Waals surface area contributed by atoms with Gasteiger partial charge in [-0.3, -0.25) is 5.10 Å². The van der Waals surface area contributed by atoms with E-state index in [0.29, 0.717) is 0 Å². The van der Waals surface area contributed by atoms with Crippen molar-refractivity contribution in [2.45, 2.75) is 39.2 Å². The summed E-state index contributed by atoms with van der Waals surface area (Å²) < 4.78 is 11.8. The lowest BCUT2D eigenvalue weighted by Gasteiger charge is -2.14. The smallest absolute Gasteiger partial charge is 0.159 e. The number of ether oxygens (including phenoxy) is 2. The Labute approximate surface area is 181 Å². The zero-order valence-electron chi connectivity index (χ0n) is 18.1. The van der Waals surface area contributed by atoms with E-state index in [4.69, 9.17) is 14.5 Å². The van der Waals surface area contributed by atoms with Crippen LogP contribution >= 0.6 is 0 Å². The molecule has 4 aromatic rings. The molecule has 0 atom stereocenters. The normalized spacial score (nSPS) is 14.8. The Morgan fingerprint density at radius 1 is 1.03 bits per heavy atom. The topological polar surface area (TPSA) is 79.1 Å². The van der Waals surface area contributed by atoms with Gasteiger partial charge in [-0.2, -0.15) is 5.10 Å². The van der Waals surface area contributed by atoms with Gasteiger partial charge >= 0.3 is 0 Å². The van der Waals surface area contributed by atoms with E-state index in [-0.39, 0.29) is 6.10 Å². The molecule has 0 radical (unpaired) electrons. The van der Waals surface area contributed by atoms with Gasteiger partial charge in [-0.15, -0.1) is 0 Å². The van der Waals surface area contributed by atoms with Crippen LogP contribution in [0.3, 0.4) is 0 Å². The molecule has 1 fully saturated rings. The number of imidazole rings is 1. The number of nitrogens with zero attached hydrogens (tertiary/aromatic N) is 3. The number of aromatic amines is 2. The molecule has 0 saturated carbocycles. The maximum atomic E-state index is 5.98. The van der Waals surface area contributed by atoms with Crippen molar-refractivity contribution in [2.24, 2.45) is 0 Å². The molecule has 31 heavy (non-hydrogen) atoms. The molecule has 0 aliphatic carbocycles. The van der Waals surface area contributed by atoms with Crippen LogP contribution in [0.2, 0.25) is 0 Å². The summed E-state index contributed by atoms with van der Waals surface area (Å²) in [5.74, 6) is 2.42. The van der Waals surface area contributed by atoms with Crippen LogP contribution in [-0.4, -0.2) is 57.4 Å². The molecule has 2 N–H and O–H groups in total. The van der Waals surface area contributed by atoms with Crippen molar-refractivity contribution in [3.8, 4) is 23.0 Å². The first kappa shape index (κ1) is 19.9. The van der Waals surface area contributed by atoms with Gasteiger partial charge in [0.1, 0.15) is 17.2 Å². The minimum atomic E-state index is 0.118. The molecule has 162 valence electrons. The minimum Gasteiger partial charge on any atom is -0.493 e. The lowest BCUT2D eigenvalue weighted by Crippen LogP contribution is -2.21. The average molecular weight is 420 g/mol. The minimum absolute atomic E-state index is 0.118. The first-order valence-corrected chi connectivity index (χ1v) is 11.2. The SMILES string of the molecule is CC(C)Oc1ccc2[nH]nc(-c3nc4ccc(OCCCN5CCCC5)cc4[nH]3)c2c1. The average Bonchev–Trinajstić information content (AvgIpc) is 3.49. The van der Waals surface area contributed by atoms with Crippen molar-refractivity contribution < 1.29 is 9.47 Å². The summed E-state index contributed by atoms with van der Waals surface area (Å²) in [6.07, 6.45) is 3.83. The van der Waals surface area contributed by atoms with Crippen molar-refractivity contribution in [3.63, 3.8) is 0 Å². The van der Waals surface area contributed by atoms with Crippen LogP contribution in [0.25, 0.3) is 33.5 Å². The van der Waals surface area contributed by atoms with E-state index in [1.54, 1.807) is 0 Å². The standard InChI is InChI=1S/C24H29N5O2/c1-16(2)31-18-7-8-20-19(14-18)23(28-27-20)24-25-21-9-6-17(15-22(21)26-24)30-13-5-12-29-10-3-4-11-29/h6-9,14-16H,3-5,10-13H2,1-2H3,(H,25,26)(H,27,28). The largest absolute Gasteiger partial charge is 0.493 e. The van der Waals surface area contributed by atoms with E-state index < -0.39 is 0 Å². The van der Waals surface area contributed by atoms with Crippen molar-refractivity contribution in [1.82, 2.24) is 25.1 Å². The van der Waals surface area contributed by atoms with E-state index in [0.717, 1.165) is 64.5 Å². The molecule has 0 unspecified atom stereocenters. The molecular weight excluding hydrogens is 390 g/mol. The van der Waals surface area contributed by atoms with Gasteiger partial charge in [-0.05, 0) is 76.5 Å². The summed E-state index contributed by atoms with van der Waals surface area (Å²) in [5.41, 5.74) is 3.57. The summed E-state index contributed by atoms with van der Waals surface area (Å²) in [7, 11) is 0. The molecule has 0 amide bonds. The Kier molecular flexibility index (Phi) is 5.51. The molecule has 3 heterocycles. The summed E-state index contributed by atoms with van der Waals surface area (Å²) in [4.78, 5) is 10.7. The van der Waals surface area contributed by atoms with Crippen LogP contribution < -0.4 is 9.47 Å². The lowest BCUT2D eigenvalue weighted by molar-refractivity contribution is 0.243. The van der Waals surface area contributed by atoms with E-state index in [2.05, 4.69) is 20.1 Å². The van der Waals surface area contributed by atoms with Crippen LogP contribution in [0.4, 0.5) is 0 Å². The van der Waals surface area contributed by atoms with Gasteiger partial charge in [-0.25, -0.2) is 4.98 Å². The Balaban J connectivity index is 1.32. The number of benzene rings is 2. The first-order valence-electron chi connectivity index (χ1n) is 11.2. The predicted molar refractivity (Wildman–Crippen MR) is 123 cm³/mol. The van der Waals surface area contributed by atoms with Crippen molar-refractivity contribution in [1.29, 1.82) is 0 Å². The van der Waals surface area contributed by atoms with Gasteiger partial charge < -0.3 is 19.4 Å². The number of aromatic nitrogens is 4. The van der Waals surface area contributed by atoms with E-state index in [9.17, 15) is 0 Å². The second-order valence-electron chi connectivity index (χ2n) is 8.46. The van der Waals surface area contributed by atoms with Crippen LogP contribution in [0.1, 0.15) is 33.1 Å². The fraction of sp³-hybridized carbons (Fsp3) is 0.417. The number of hydrogen-bond acceptors (Lipinski definition) is 5. The highest BCUT2D eigenvalue weighted by atomic mass is 16.5. The molecule has 7 heteroatoms. The second-order valence-corrected chi connectivity index (χ2v) is 8.46. The fourth-order valence-corrected chi connectivity index (χ4v) is 4.19. The summed E-state index contributed by atoms with van der Waals surface area (Å²) in [6.45, 7) is 8.35. The Bertz CT molecular complexity index is 1170. The molecule has 2 aromatic carbocycles. The Morgan fingerprint density at radius 3 is 2.71 bits per heavy atom. The third kappa shape index (κ3) is 4.37. The van der Waals surface area contributed by atoms with Crippen LogP contribution in [0.5, 0.6) is 11.5 Å². The van der Waals surface area contributed by atoms with Crippen molar-refractivity contribution in [2.75, 3.05) is 26.2 Å². The zero-order chi connectivity index (χ0) is 21.2. The summed E-state index contributed by atoms with van der Waals surface area (Å²) in [5, 5.41) is 8.56. The van der Waals surface area contributed by atoms with E-state index in [1.807, 2.05) is 50.2 Å². The van der Waals surface area contributed by atoms with Gasteiger partial charge in [-0.1, -0.05) is 0 Å². The quantitative estimate of drug-likeness (QED) is 0.403. The molecule has 0 spiro atoms. The molecule has 5 rings (SSSR count). The maximum absolute atomic E-state index is 5.98. The van der Waals surface area contributed by atoms with E-state index >= 15 is 0 Å². The maximum Gasteiger partial charge on any atom is 0.159 e. The second kappa shape index (κ2) is 8.59. The highest BCUT2D eigenvalue weighted by Crippen LogP contribution is 2.30. The number of hydrogen-bond donors (Lipinski definition) is 2. The third-order valence-corrected chi connectivity index (χ3v) is 5.67. The molecule has 1 aliphatic rings. The number of H-pyrrole nitrogens is 2. The predicted octanol–water partition coefficient (Wildman–Crippen LogP) is 4.76. The molecule has 1 aliphatic heterocycles. The number of likely N-dealkylation sites (tertiary alicyclic amines) is 1. The van der Waals surface area contributed by atoms with Gasteiger partial charge in [0, 0.05) is 18.0 Å². The van der Waals surface area contributed by atoms with Crippen LogP contribution in [0, 0.1) is 0 Å². The van der Waals surface area contributed by atoms with Gasteiger partial charge in [0.05, 0.1) is 29.3 Å². The lowest BCUT2D eigenvalue weighted by atomic mass is 10.2. The first-order chi connectivity index (χ1) is 15.2. The molecular formula is C24H29N5O2. The molecule has 0 bridgehead atoms. The monoisotopic (exact) mass is 419 g/mol. The summed E-state index contributed by atoms with van der Waals surface area (Å²) >= 11 is 0. The number of rotatable bonds is 8. The third-order valence-electron chi connectivity index (χ3n) is 5.67. The molecule has 2 aromatic heterocycles. The summed E-state index contributed by atoms with van der Waals surface area (Å²) in [6, 6.07) is 11.9. The number of nitrogens with one attached hydrogen (secondary N) is 2. The zero-order valence-corrected chi connectivity index (χ0v) is 18.1. The Hall–Kier alpha value is -3.06. The van der Waals surface area contributed by atoms with Crippen LogP contribution in [0.15, 0.2) is 36.4 Å².